The van der Waals surface area contributed by atoms with E-state index >= 15 is 0 Å². The molecule has 5 heteroatoms. The lowest BCUT2D eigenvalue weighted by molar-refractivity contribution is 0.288. The van der Waals surface area contributed by atoms with Crippen molar-refractivity contribution in [1.82, 2.24) is 0 Å². The summed E-state index contributed by atoms with van der Waals surface area (Å²) < 4.78 is 31.5. The summed E-state index contributed by atoms with van der Waals surface area (Å²) in [5.41, 5.74) is 1.68. The van der Waals surface area contributed by atoms with E-state index < -0.39 is 11.6 Å². The molecule has 0 unspecified atom stereocenters. The van der Waals surface area contributed by atoms with E-state index in [2.05, 4.69) is 5.10 Å². The Balaban J connectivity index is 2.04. The minimum Gasteiger partial charge on any atom is -0.486 e. The first-order valence-electron chi connectivity index (χ1n) is 5.59. The fraction of sp³-hybridized carbons (Fsp3) is 0.0714. The first-order chi connectivity index (χ1) is 9.19. The Morgan fingerprint density at radius 1 is 1.11 bits per heavy atom. The molecule has 2 N–H and O–H groups in total. The van der Waals surface area contributed by atoms with Crippen molar-refractivity contribution >= 4 is 6.21 Å². The van der Waals surface area contributed by atoms with Gasteiger partial charge in [0.2, 0.25) is 0 Å². The largest absolute Gasteiger partial charge is 0.486 e. The van der Waals surface area contributed by atoms with E-state index in [0.717, 1.165) is 29.3 Å². The van der Waals surface area contributed by atoms with Crippen molar-refractivity contribution in [3.63, 3.8) is 0 Å². The molecule has 2 aromatic carbocycles. The van der Waals surface area contributed by atoms with Crippen molar-refractivity contribution in [2.24, 2.45) is 10.9 Å². The van der Waals surface area contributed by atoms with Gasteiger partial charge in [-0.15, -0.1) is 0 Å². The summed E-state index contributed by atoms with van der Waals surface area (Å²) in [4.78, 5) is 0. The van der Waals surface area contributed by atoms with Crippen molar-refractivity contribution in [2.45, 2.75) is 6.61 Å². The van der Waals surface area contributed by atoms with Gasteiger partial charge in [-0.2, -0.15) is 5.10 Å². The first-order valence-corrected chi connectivity index (χ1v) is 5.59. The van der Waals surface area contributed by atoms with Gasteiger partial charge >= 0.3 is 0 Å². The van der Waals surface area contributed by atoms with Gasteiger partial charge in [0.05, 0.1) is 6.21 Å². The summed E-state index contributed by atoms with van der Waals surface area (Å²) in [5.74, 6) is 3.80. The maximum Gasteiger partial charge on any atom is 0.165 e. The zero-order valence-electron chi connectivity index (χ0n) is 10.0. The fourth-order valence-corrected chi connectivity index (χ4v) is 1.53. The normalized spacial score (nSPS) is 10.8. The molecular weight excluding hydrogens is 250 g/mol. The van der Waals surface area contributed by atoms with Crippen LogP contribution in [0, 0.1) is 11.6 Å². The molecule has 0 heterocycles. The molecule has 3 nitrogen and oxygen atoms in total. The van der Waals surface area contributed by atoms with E-state index in [-0.39, 0.29) is 12.4 Å². The number of hydrogen-bond donors (Lipinski definition) is 1. The molecule has 2 rings (SSSR count). The van der Waals surface area contributed by atoms with E-state index in [1.807, 2.05) is 0 Å². The average Bonchev–Trinajstić information content (AvgIpc) is 2.42. The number of benzene rings is 2. The van der Waals surface area contributed by atoms with Gasteiger partial charge in [0.25, 0.3) is 0 Å². The third-order valence-corrected chi connectivity index (χ3v) is 2.49. The molecule has 0 bridgehead atoms. The highest BCUT2D eigenvalue weighted by Gasteiger charge is 2.05. The van der Waals surface area contributed by atoms with Crippen LogP contribution >= 0.6 is 0 Å². The lowest BCUT2D eigenvalue weighted by atomic mass is 10.1. The van der Waals surface area contributed by atoms with Crippen LogP contribution in [0.5, 0.6) is 5.75 Å². The minimum absolute atomic E-state index is 0.104. The molecule has 0 atom stereocenters. The standard InChI is InChI=1S/C14H12F2N2O/c15-12-5-6-13(16)14(7-12)19-9-11-3-1-10(2-4-11)8-18-17/h1-8H,9,17H2. The van der Waals surface area contributed by atoms with Crippen LogP contribution in [0.1, 0.15) is 11.1 Å². The van der Waals surface area contributed by atoms with Crippen LogP contribution in [0.15, 0.2) is 47.6 Å². The number of ether oxygens (including phenoxy) is 1. The number of halogens is 2. The summed E-state index contributed by atoms with van der Waals surface area (Å²) in [7, 11) is 0. The zero-order chi connectivity index (χ0) is 13.7. The van der Waals surface area contributed by atoms with Crippen LogP contribution in [0.2, 0.25) is 0 Å². The van der Waals surface area contributed by atoms with Gasteiger partial charge in [0.15, 0.2) is 11.6 Å². The second-order valence-electron chi connectivity index (χ2n) is 3.88. The summed E-state index contributed by atoms with van der Waals surface area (Å²) >= 11 is 0. The van der Waals surface area contributed by atoms with Crippen LogP contribution in [0.4, 0.5) is 8.78 Å². The average molecular weight is 262 g/mol. The molecule has 0 aliphatic rings. The quantitative estimate of drug-likeness (QED) is 0.523. The maximum atomic E-state index is 13.3. The SMILES string of the molecule is NN=Cc1ccc(COc2cc(F)ccc2F)cc1. The Morgan fingerprint density at radius 3 is 2.53 bits per heavy atom. The molecule has 0 aliphatic carbocycles. The van der Waals surface area contributed by atoms with Crippen LogP contribution < -0.4 is 10.6 Å². The lowest BCUT2D eigenvalue weighted by Crippen LogP contribution is -1.98. The van der Waals surface area contributed by atoms with E-state index in [4.69, 9.17) is 10.6 Å². The Bertz CT molecular complexity index is 582. The number of hydrogen-bond acceptors (Lipinski definition) is 3. The van der Waals surface area contributed by atoms with Crippen molar-refractivity contribution in [1.29, 1.82) is 0 Å². The monoisotopic (exact) mass is 262 g/mol. The van der Waals surface area contributed by atoms with E-state index in [9.17, 15) is 8.78 Å². The molecule has 0 aliphatic heterocycles. The number of hydrazone groups is 1. The number of rotatable bonds is 4. The molecule has 0 aromatic heterocycles. The molecule has 0 spiro atoms. The van der Waals surface area contributed by atoms with Crippen molar-refractivity contribution < 1.29 is 13.5 Å². The van der Waals surface area contributed by atoms with Crippen molar-refractivity contribution in [3.05, 3.63) is 65.2 Å². The van der Waals surface area contributed by atoms with E-state index in [1.54, 1.807) is 24.3 Å². The predicted octanol–water partition coefficient (Wildman–Crippen LogP) is 2.84. The maximum absolute atomic E-state index is 13.3. The van der Waals surface area contributed by atoms with Gasteiger partial charge in [-0.3, -0.25) is 0 Å². The van der Waals surface area contributed by atoms with Gasteiger partial charge in [-0.25, -0.2) is 8.78 Å². The van der Waals surface area contributed by atoms with E-state index in [1.165, 1.54) is 6.21 Å². The summed E-state index contributed by atoms with van der Waals surface area (Å²) in [5, 5.41) is 3.40. The van der Waals surface area contributed by atoms with Gasteiger partial charge in [-0.05, 0) is 23.3 Å². The summed E-state index contributed by atoms with van der Waals surface area (Å²) in [6.45, 7) is 0.153. The second-order valence-corrected chi connectivity index (χ2v) is 3.88. The molecule has 0 saturated heterocycles. The van der Waals surface area contributed by atoms with Crippen LogP contribution in [0.25, 0.3) is 0 Å². The first kappa shape index (κ1) is 13.0. The Kier molecular flexibility index (Phi) is 4.07. The topological polar surface area (TPSA) is 47.6 Å². The molecule has 0 radical (unpaired) electrons. The smallest absolute Gasteiger partial charge is 0.165 e. The molecular formula is C14H12F2N2O. The number of nitrogens with zero attached hydrogens (tertiary/aromatic N) is 1. The van der Waals surface area contributed by atoms with Gasteiger partial charge in [-0.1, -0.05) is 24.3 Å². The zero-order valence-corrected chi connectivity index (χ0v) is 10.0. The Morgan fingerprint density at radius 2 is 1.84 bits per heavy atom. The van der Waals surface area contributed by atoms with Crippen LogP contribution in [-0.2, 0) is 6.61 Å². The van der Waals surface area contributed by atoms with Crippen LogP contribution in [0.3, 0.4) is 0 Å². The van der Waals surface area contributed by atoms with Crippen molar-refractivity contribution in [3.8, 4) is 5.75 Å². The number of nitrogens with two attached hydrogens (primary N) is 1. The van der Waals surface area contributed by atoms with Gasteiger partial charge in [0.1, 0.15) is 12.4 Å². The molecule has 0 saturated carbocycles. The minimum atomic E-state index is -0.590. The Labute approximate surface area is 109 Å². The molecule has 19 heavy (non-hydrogen) atoms. The van der Waals surface area contributed by atoms with Gasteiger partial charge < -0.3 is 10.6 Å². The van der Waals surface area contributed by atoms with E-state index in [0.29, 0.717) is 0 Å². The highest BCUT2D eigenvalue weighted by atomic mass is 19.1. The van der Waals surface area contributed by atoms with Crippen molar-refractivity contribution in [2.75, 3.05) is 0 Å². The summed E-state index contributed by atoms with van der Waals surface area (Å²) in [6.07, 6.45) is 1.51. The molecule has 0 fully saturated rings. The van der Waals surface area contributed by atoms with Gasteiger partial charge in [0, 0.05) is 6.07 Å². The summed E-state index contributed by atoms with van der Waals surface area (Å²) in [6, 6.07) is 10.3. The highest BCUT2D eigenvalue weighted by Crippen LogP contribution is 2.19. The molecule has 98 valence electrons. The van der Waals surface area contributed by atoms with Crippen LogP contribution in [-0.4, -0.2) is 6.21 Å². The third kappa shape index (κ3) is 3.51. The highest BCUT2D eigenvalue weighted by molar-refractivity contribution is 5.79. The fourth-order valence-electron chi connectivity index (χ4n) is 1.53. The second kappa shape index (κ2) is 5.95. The Hall–Kier alpha value is -2.43. The predicted molar refractivity (Wildman–Crippen MR) is 68.9 cm³/mol. The lowest BCUT2D eigenvalue weighted by Gasteiger charge is -2.07. The third-order valence-electron chi connectivity index (χ3n) is 2.49. The molecule has 2 aromatic rings. The molecule has 0 amide bonds.